The third-order valence-electron chi connectivity index (χ3n) is 1.40. The van der Waals surface area contributed by atoms with Crippen molar-refractivity contribution in [2.45, 2.75) is 6.92 Å². The minimum atomic E-state index is -0.0449. The molecule has 14 heavy (non-hydrogen) atoms. The lowest BCUT2D eigenvalue weighted by atomic mass is 10.4. The Kier molecular flexibility index (Phi) is 4.25. The molecule has 1 aromatic rings. The van der Waals surface area contributed by atoms with Crippen LogP contribution in [0.3, 0.4) is 0 Å². The molecule has 0 fully saturated rings. The van der Waals surface area contributed by atoms with Crippen LogP contribution in [0.2, 0.25) is 0 Å². The van der Waals surface area contributed by atoms with E-state index < -0.39 is 0 Å². The fourth-order valence-electron chi connectivity index (χ4n) is 0.791. The Balaban J connectivity index is 2.44. The van der Waals surface area contributed by atoms with Crippen molar-refractivity contribution in [3.8, 4) is 0 Å². The van der Waals surface area contributed by atoms with Crippen molar-refractivity contribution >= 4 is 27.9 Å². The quantitative estimate of drug-likeness (QED) is 0.889. The van der Waals surface area contributed by atoms with E-state index in [0.717, 1.165) is 5.69 Å². The first-order valence-electron chi connectivity index (χ1n) is 4.07. The van der Waals surface area contributed by atoms with Gasteiger partial charge in [-0.1, -0.05) is 6.08 Å². The molecule has 1 N–H and O–H groups in total. The zero-order valence-corrected chi connectivity index (χ0v) is 9.28. The number of hydrogen-bond donors (Lipinski definition) is 1. The maximum atomic E-state index is 10.5. The summed E-state index contributed by atoms with van der Waals surface area (Å²) in [6.07, 6.45) is 6.89. The van der Waals surface area contributed by atoms with Crippen molar-refractivity contribution < 1.29 is 4.79 Å². The summed E-state index contributed by atoms with van der Waals surface area (Å²) in [5.74, 6) is -0.0449. The summed E-state index contributed by atoms with van der Waals surface area (Å²) in [6.45, 7) is 1.99. The fraction of sp³-hybridized carbons (Fsp3) is 0.222. The number of amides is 1. The standard InChI is InChI=1S/C9H10BrN3O/c1-7(14)11-4-2-3-8-5-13-9(10)6-12-8/h2-3,5-6H,4H2,1H3,(H,11,14). The second-order valence-electron chi connectivity index (χ2n) is 2.60. The molecule has 0 aliphatic heterocycles. The van der Waals surface area contributed by atoms with Crippen molar-refractivity contribution in [2.75, 3.05) is 6.54 Å². The highest BCUT2D eigenvalue weighted by molar-refractivity contribution is 9.10. The van der Waals surface area contributed by atoms with Gasteiger partial charge in [-0.3, -0.25) is 9.78 Å². The van der Waals surface area contributed by atoms with Crippen molar-refractivity contribution in [1.29, 1.82) is 0 Å². The van der Waals surface area contributed by atoms with Crippen molar-refractivity contribution in [1.82, 2.24) is 15.3 Å². The van der Waals surface area contributed by atoms with Gasteiger partial charge in [-0.05, 0) is 22.0 Å². The van der Waals surface area contributed by atoms with Gasteiger partial charge >= 0.3 is 0 Å². The lowest BCUT2D eigenvalue weighted by Gasteiger charge is -1.94. The predicted octanol–water partition coefficient (Wildman–Crippen LogP) is 1.39. The number of nitrogens with one attached hydrogen (secondary N) is 1. The molecule has 0 unspecified atom stereocenters. The number of hydrogen-bond acceptors (Lipinski definition) is 3. The van der Waals surface area contributed by atoms with Gasteiger partial charge in [0.1, 0.15) is 4.60 Å². The minimum absolute atomic E-state index is 0.0449. The fourth-order valence-corrected chi connectivity index (χ4v) is 0.995. The molecule has 5 heteroatoms. The molecule has 1 amide bonds. The van der Waals surface area contributed by atoms with Gasteiger partial charge in [0, 0.05) is 13.5 Å². The smallest absolute Gasteiger partial charge is 0.217 e. The molecule has 74 valence electrons. The summed E-state index contributed by atoms with van der Waals surface area (Å²) >= 11 is 3.19. The lowest BCUT2D eigenvalue weighted by molar-refractivity contribution is -0.118. The van der Waals surface area contributed by atoms with Crippen LogP contribution in [0, 0.1) is 0 Å². The van der Waals surface area contributed by atoms with E-state index >= 15 is 0 Å². The largest absolute Gasteiger partial charge is 0.353 e. The molecule has 4 nitrogen and oxygen atoms in total. The number of rotatable bonds is 3. The third kappa shape index (κ3) is 4.13. The molecule has 0 bridgehead atoms. The Morgan fingerprint density at radius 2 is 2.36 bits per heavy atom. The summed E-state index contributed by atoms with van der Waals surface area (Å²) < 4.78 is 0.705. The van der Waals surface area contributed by atoms with E-state index in [-0.39, 0.29) is 5.91 Å². The molecule has 0 aliphatic rings. The third-order valence-corrected chi connectivity index (χ3v) is 1.81. The Morgan fingerprint density at radius 3 is 2.93 bits per heavy atom. The van der Waals surface area contributed by atoms with Gasteiger partial charge in [-0.25, -0.2) is 4.98 Å². The molecular formula is C9H10BrN3O. The summed E-state index contributed by atoms with van der Waals surface area (Å²) in [5.41, 5.74) is 0.763. The van der Waals surface area contributed by atoms with E-state index in [0.29, 0.717) is 11.1 Å². The van der Waals surface area contributed by atoms with Crippen LogP contribution < -0.4 is 5.32 Å². The average molecular weight is 256 g/mol. The van der Waals surface area contributed by atoms with Gasteiger partial charge in [0.15, 0.2) is 0 Å². The minimum Gasteiger partial charge on any atom is -0.353 e. The molecule has 0 aliphatic carbocycles. The zero-order valence-electron chi connectivity index (χ0n) is 7.70. The molecule has 1 aromatic heterocycles. The Morgan fingerprint density at radius 1 is 1.57 bits per heavy atom. The number of carbonyl (C=O) groups is 1. The van der Waals surface area contributed by atoms with Crippen molar-refractivity contribution in [2.24, 2.45) is 0 Å². The summed E-state index contributed by atoms with van der Waals surface area (Å²) in [7, 11) is 0. The van der Waals surface area contributed by atoms with Crippen LogP contribution >= 0.6 is 15.9 Å². The molecule has 0 atom stereocenters. The van der Waals surface area contributed by atoms with Crippen LogP contribution in [-0.4, -0.2) is 22.4 Å². The van der Waals surface area contributed by atoms with E-state index in [1.54, 1.807) is 18.5 Å². The van der Waals surface area contributed by atoms with Gasteiger partial charge in [0.05, 0.1) is 18.1 Å². The number of halogens is 1. The second kappa shape index (κ2) is 5.49. The van der Waals surface area contributed by atoms with Gasteiger partial charge in [-0.2, -0.15) is 0 Å². The number of nitrogens with zero attached hydrogens (tertiary/aromatic N) is 2. The maximum absolute atomic E-state index is 10.5. The Bertz CT molecular complexity index is 334. The summed E-state index contributed by atoms with van der Waals surface area (Å²) in [4.78, 5) is 18.6. The van der Waals surface area contributed by atoms with Gasteiger partial charge in [0.25, 0.3) is 0 Å². The van der Waals surface area contributed by atoms with Gasteiger partial charge < -0.3 is 5.32 Å². The average Bonchev–Trinajstić information content (AvgIpc) is 2.15. The molecule has 0 radical (unpaired) electrons. The molecular weight excluding hydrogens is 246 g/mol. The van der Waals surface area contributed by atoms with E-state index in [4.69, 9.17) is 0 Å². The van der Waals surface area contributed by atoms with Crippen LogP contribution in [-0.2, 0) is 4.79 Å². The molecule has 0 saturated heterocycles. The zero-order chi connectivity index (χ0) is 10.4. The van der Waals surface area contributed by atoms with E-state index in [1.165, 1.54) is 6.92 Å². The molecule has 0 saturated carbocycles. The first kappa shape index (κ1) is 10.8. The first-order valence-corrected chi connectivity index (χ1v) is 4.86. The van der Waals surface area contributed by atoms with Gasteiger partial charge in [0.2, 0.25) is 5.91 Å². The topological polar surface area (TPSA) is 54.9 Å². The predicted molar refractivity (Wildman–Crippen MR) is 57.4 cm³/mol. The Labute approximate surface area is 90.6 Å². The second-order valence-corrected chi connectivity index (χ2v) is 3.42. The highest BCUT2D eigenvalue weighted by Gasteiger charge is 1.90. The SMILES string of the molecule is CC(=O)NCC=Cc1cnc(Br)cn1. The van der Waals surface area contributed by atoms with E-state index in [9.17, 15) is 4.79 Å². The summed E-state index contributed by atoms with van der Waals surface area (Å²) in [6, 6.07) is 0. The van der Waals surface area contributed by atoms with Crippen LogP contribution in [0.25, 0.3) is 6.08 Å². The van der Waals surface area contributed by atoms with E-state index in [1.807, 2.05) is 6.08 Å². The normalized spacial score (nSPS) is 10.4. The number of aromatic nitrogens is 2. The van der Waals surface area contributed by atoms with Gasteiger partial charge in [-0.15, -0.1) is 0 Å². The molecule has 1 heterocycles. The van der Waals surface area contributed by atoms with E-state index in [2.05, 4.69) is 31.2 Å². The van der Waals surface area contributed by atoms with Crippen LogP contribution in [0.15, 0.2) is 23.1 Å². The lowest BCUT2D eigenvalue weighted by Crippen LogP contribution is -2.19. The first-order chi connectivity index (χ1) is 6.68. The summed E-state index contributed by atoms with van der Waals surface area (Å²) in [5, 5.41) is 2.64. The molecule has 1 rings (SSSR count). The Hall–Kier alpha value is -1.23. The number of carbonyl (C=O) groups excluding carboxylic acids is 1. The highest BCUT2D eigenvalue weighted by atomic mass is 79.9. The van der Waals surface area contributed by atoms with Crippen molar-refractivity contribution in [3.05, 3.63) is 28.8 Å². The molecule has 0 spiro atoms. The van der Waals surface area contributed by atoms with Crippen LogP contribution in [0.1, 0.15) is 12.6 Å². The maximum Gasteiger partial charge on any atom is 0.217 e. The van der Waals surface area contributed by atoms with Crippen molar-refractivity contribution in [3.63, 3.8) is 0 Å². The van der Waals surface area contributed by atoms with Crippen LogP contribution in [0.4, 0.5) is 0 Å². The highest BCUT2D eigenvalue weighted by Crippen LogP contribution is 2.03. The molecule has 0 aromatic carbocycles. The monoisotopic (exact) mass is 255 g/mol. The van der Waals surface area contributed by atoms with Crippen LogP contribution in [0.5, 0.6) is 0 Å².